The molecule has 0 bridgehead atoms. The van der Waals surface area contributed by atoms with E-state index >= 15 is 0 Å². The lowest BCUT2D eigenvalue weighted by Crippen LogP contribution is -2.46. The van der Waals surface area contributed by atoms with Gasteiger partial charge in [0.1, 0.15) is 6.61 Å². The van der Waals surface area contributed by atoms with Crippen molar-refractivity contribution in [3.05, 3.63) is 29.8 Å². The summed E-state index contributed by atoms with van der Waals surface area (Å²) in [6.45, 7) is 4.78. The van der Waals surface area contributed by atoms with Crippen molar-refractivity contribution < 1.29 is 9.53 Å². The largest absolute Gasteiger partial charge is 0.365 e. The van der Waals surface area contributed by atoms with Crippen LogP contribution in [0.5, 0.6) is 0 Å². The van der Waals surface area contributed by atoms with E-state index in [-0.39, 0.29) is 18.6 Å². The van der Waals surface area contributed by atoms with Gasteiger partial charge in [0, 0.05) is 5.69 Å². The molecule has 0 aromatic heterocycles. The third kappa shape index (κ3) is 3.12. The summed E-state index contributed by atoms with van der Waals surface area (Å²) in [5.41, 5.74) is 2.12. The van der Waals surface area contributed by atoms with E-state index in [1.807, 2.05) is 24.3 Å². The van der Waals surface area contributed by atoms with E-state index < -0.39 is 0 Å². The van der Waals surface area contributed by atoms with Crippen molar-refractivity contribution in [3.63, 3.8) is 0 Å². The second-order valence-corrected chi connectivity index (χ2v) is 5.05. The number of nitrogens with zero attached hydrogens (tertiary/aromatic N) is 2. The minimum atomic E-state index is -0.188. The maximum atomic E-state index is 11.9. The summed E-state index contributed by atoms with van der Waals surface area (Å²) >= 11 is 0. The Bertz CT molecular complexity index is 488. The van der Waals surface area contributed by atoms with Crippen molar-refractivity contribution >= 4 is 11.6 Å². The Morgan fingerprint density at radius 2 is 2.11 bits per heavy atom. The molecule has 0 N–H and O–H groups in total. The zero-order valence-corrected chi connectivity index (χ0v) is 11.3. The minimum Gasteiger partial charge on any atom is -0.365 e. The van der Waals surface area contributed by atoms with Crippen LogP contribution in [0.25, 0.3) is 0 Å². The van der Waals surface area contributed by atoms with E-state index in [0.29, 0.717) is 18.9 Å². The van der Waals surface area contributed by atoms with Gasteiger partial charge in [0.2, 0.25) is 0 Å². The Morgan fingerprint density at radius 3 is 2.68 bits per heavy atom. The van der Waals surface area contributed by atoms with Gasteiger partial charge in [-0.3, -0.25) is 4.79 Å². The maximum Gasteiger partial charge on any atom is 0.253 e. The Labute approximate surface area is 113 Å². The lowest BCUT2D eigenvalue weighted by molar-refractivity contribution is -0.129. The van der Waals surface area contributed by atoms with Gasteiger partial charge < -0.3 is 9.64 Å². The summed E-state index contributed by atoms with van der Waals surface area (Å²) in [6, 6.07) is 10.1. The minimum absolute atomic E-state index is 0.0495. The van der Waals surface area contributed by atoms with E-state index in [0.717, 1.165) is 5.69 Å². The van der Waals surface area contributed by atoms with Crippen molar-refractivity contribution in [3.8, 4) is 6.07 Å². The summed E-state index contributed by atoms with van der Waals surface area (Å²) in [5.74, 6) is 0.423. The van der Waals surface area contributed by atoms with Crippen LogP contribution in [0, 0.1) is 11.3 Å². The first-order valence-electron chi connectivity index (χ1n) is 6.50. The number of benzene rings is 1. The molecule has 0 radical (unpaired) electrons. The molecule has 1 aromatic carbocycles. The summed E-state index contributed by atoms with van der Waals surface area (Å²) < 4.78 is 5.33. The molecule has 0 aliphatic carbocycles. The van der Waals surface area contributed by atoms with Crippen LogP contribution in [0.3, 0.4) is 0 Å². The molecule has 1 amide bonds. The molecule has 0 spiro atoms. The van der Waals surface area contributed by atoms with Gasteiger partial charge in [0.25, 0.3) is 5.91 Å². The van der Waals surface area contributed by atoms with E-state index in [2.05, 4.69) is 19.9 Å². The van der Waals surface area contributed by atoms with E-state index in [4.69, 9.17) is 10.00 Å². The van der Waals surface area contributed by atoms with Gasteiger partial charge in [0.15, 0.2) is 0 Å². The molecule has 1 heterocycles. The molecule has 2 rings (SSSR count). The molecular weight excluding hydrogens is 240 g/mol. The number of amides is 1. The van der Waals surface area contributed by atoms with Crippen molar-refractivity contribution in [1.29, 1.82) is 5.26 Å². The summed E-state index contributed by atoms with van der Waals surface area (Å²) in [5, 5.41) is 8.71. The SMILES string of the molecule is CC(C)c1ccc(N2CC(CC#N)OCC2=O)cc1. The van der Waals surface area contributed by atoms with Crippen molar-refractivity contribution in [2.24, 2.45) is 0 Å². The molecule has 1 saturated heterocycles. The topological polar surface area (TPSA) is 53.3 Å². The lowest BCUT2D eigenvalue weighted by atomic mass is 10.0. The second-order valence-electron chi connectivity index (χ2n) is 5.05. The Balaban J connectivity index is 2.14. The van der Waals surface area contributed by atoms with E-state index in [1.54, 1.807) is 4.90 Å². The van der Waals surface area contributed by atoms with Crippen molar-refractivity contribution in [2.75, 3.05) is 18.1 Å². The van der Waals surface area contributed by atoms with Crippen LogP contribution >= 0.6 is 0 Å². The molecule has 1 atom stereocenters. The van der Waals surface area contributed by atoms with Crippen LogP contribution in [0.4, 0.5) is 5.69 Å². The van der Waals surface area contributed by atoms with Crippen LogP contribution < -0.4 is 4.90 Å². The normalized spacial score (nSPS) is 19.6. The fraction of sp³-hybridized carbons (Fsp3) is 0.467. The molecule has 1 aromatic rings. The highest BCUT2D eigenvalue weighted by Crippen LogP contribution is 2.22. The van der Waals surface area contributed by atoms with Crippen LogP contribution in [0.1, 0.15) is 31.7 Å². The van der Waals surface area contributed by atoms with Crippen LogP contribution in [0.15, 0.2) is 24.3 Å². The predicted molar refractivity (Wildman–Crippen MR) is 72.9 cm³/mol. The number of hydrogen-bond donors (Lipinski definition) is 0. The fourth-order valence-corrected chi connectivity index (χ4v) is 2.14. The number of anilines is 1. The van der Waals surface area contributed by atoms with E-state index in [1.165, 1.54) is 5.56 Å². The summed E-state index contributed by atoms with van der Waals surface area (Å²) in [4.78, 5) is 13.6. The third-order valence-corrected chi connectivity index (χ3v) is 3.32. The monoisotopic (exact) mass is 258 g/mol. The van der Waals surface area contributed by atoms with Crippen molar-refractivity contribution in [2.45, 2.75) is 32.3 Å². The average molecular weight is 258 g/mol. The average Bonchev–Trinajstić information content (AvgIpc) is 2.41. The Hall–Kier alpha value is -1.86. The number of carbonyl (C=O) groups excluding carboxylic acids is 1. The number of carbonyl (C=O) groups is 1. The maximum absolute atomic E-state index is 11.9. The molecule has 100 valence electrons. The molecule has 0 saturated carbocycles. The Kier molecular flexibility index (Phi) is 4.18. The number of rotatable bonds is 3. The molecule has 4 heteroatoms. The first kappa shape index (κ1) is 13.6. The lowest BCUT2D eigenvalue weighted by Gasteiger charge is -2.32. The zero-order valence-electron chi connectivity index (χ0n) is 11.3. The summed E-state index contributed by atoms with van der Waals surface area (Å²) in [6.07, 6.45) is 0.126. The van der Waals surface area contributed by atoms with Crippen molar-refractivity contribution in [1.82, 2.24) is 0 Å². The zero-order chi connectivity index (χ0) is 13.8. The highest BCUT2D eigenvalue weighted by atomic mass is 16.5. The molecule has 1 fully saturated rings. The number of hydrogen-bond acceptors (Lipinski definition) is 3. The van der Waals surface area contributed by atoms with Gasteiger partial charge in [-0.2, -0.15) is 5.26 Å². The summed E-state index contributed by atoms with van der Waals surface area (Å²) in [7, 11) is 0. The molecule has 4 nitrogen and oxygen atoms in total. The fourth-order valence-electron chi connectivity index (χ4n) is 2.14. The standard InChI is InChI=1S/C15H18N2O2/c1-11(2)12-3-5-13(6-4-12)17-9-14(7-8-16)19-10-15(17)18/h3-6,11,14H,7,9-10H2,1-2H3. The molecule has 1 aliphatic heterocycles. The molecule has 1 aliphatic rings. The second kappa shape index (κ2) is 5.85. The van der Waals surface area contributed by atoms with Gasteiger partial charge in [0.05, 0.1) is 25.1 Å². The number of nitriles is 1. The van der Waals surface area contributed by atoms with Gasteiger partial charge in [-0.25, -0.2) is 0 Å². The number of morpholine rings is 1. The highest BCUT2D eigenvalue weighted by molar-refractivity contribution is 5.95. The third-order valence-electron chi connectivity index (χ3n) is 3.32. The predicted octanol–water partition coefficient (Wildman–Crippen LogP) is 2.46. The van der Waals surface area contributed by atoms with Gasteiger partial charge in [-0.1, -0.05) is 26.0 Å². The van der Waals surface area contributed by atoms with Gasteiger partial charge in [-0.05, 0) is 23.6 Å². The first-order valence-corrected chi connectivity index (χ1v) is 6.50. The van der Waals surface area contributed by atoms with Gasteiger partial charge in [-0.15, -0.1) is 0 Å². The highest BCUT2D eigenvalue weighted by Gasteiger charge is 2.27. The molecular formula is C15H18N2O2. The smallest absolute Gasteiger partial charge is 0.253 e. The van der Waals surface area contributed by atoms with Crippen LogP contribution in [-0.4, -0.2) is 25.2 Å². The quantitative estimate of drug-likeness (QED) is 0.836. The molecule has 19 heavy (non-hydrogen) atoms. The Morgan fingerprint density at radius 1 is 1.42 bits per heavy atom. The number of ether oxygens (including phenoxy) is 1. The van der Waals surface area contributed by atoms with Crippen LogP contribution in [-0.2, 0) is 9.53 Å². The van der Waals surface area contributed by atoms with Crippen LogP contribution in [0.2, 0.25) is 0 Å². The molecule has 1 unspecified atom stereocenters. The first-order chi connectivity index (χ1) is 9.11. The van der Waals surface area contributed by atoms with Gasteiger partial charge >= 0.3 is 0 Å². The van der Waals surface area contributed by atoms with E-state index in [9.17, 15) is 4.79 Å².